The molecule has 1 aromatic rings. The second-order valence-corrected chi connectivity index (χ2v) is 8.54. The van der Waals surface area contributed by atoms with E-state index in [0.717, 1.165) is 12.8 Å². The normalized spacial score (nSPS) is 16.8. The minimum atomic E-state index is -3.79. The van der Waals surface area contributed by atoms with E-state index in [0.29, 0.717) is 21.6 Å². The third kappa shape index (κ3) is 3.54. The van der Waals surface area contributed by atoms with Crippen LogP contribution in [0.3, 0.4) is 0 Å². The van der Waals surface area contributed by atoms with Crippen molar-refractivity contribution in [2.24, 2.45) is 11.8 Å². The van der Waals surface area contributed by atoms with E-state index >= 15 is 0 Å². The van der Waals surface area contributed by atoms with Crippen LogP contribution in [-0.4, -0.2) is 14.3 Å². The minimum Gasteiger partial charge on any atom is -0.325 e. The van der Waals surface area contributed by atoms with Gasteiger partial charge in [-0.3, -0.25) is 4.79 Å². The number of aryl methyl sites for hydroxylation is 1. The molecule has 1 aliphatic rings. The lowest BCUT2D eigenvalue weighted by Gasteiger charge is -2.14. The number of benzene rings is 1. The molecule has 1 aromatic carbocycles. The largest absolute Gasteiger partial charge is 0.325 e. The number of carbonyl (C=O) groups excluding carboxylic acids is 1. The summed E-state index contributed by atoms with van der Waals surface area (Å²) in [6.45, 7) is 3.55. The number of rotatable bonds is 4. The van der Waals surface area contributed by atoms with Crippen molar-refractivity contribution in [1.82, 2.24) is 0 Å². The lowest BCUT2D eigenvalue weighted by atomic mass is 10.1. The highest BCUT2D eigenvalue weighted by Crippen LogP contribution is 2.38. The summed E-state index contributed by atoms with van der Waals surface area (Å²) in [7, 11) is 1.57. The summed E-state index contributed by atoms with van der Waals surface area (Å²) in [6, 6.07) is 3.02. The molecule has 7 heteroatoms. The first kappa shape index (κ1) is 15.8. The van der Waals surface area contributed by atoms with Gasteiger partial charge < -0.3 is 5.32 Å². The number of hydrogen-bond acceptors (Lipinski definition) is 3. The molecule has 1 aliphatic carbocycles. The highest BCUT2D eigenvalue weighted by atomic mass is 79.9. The number of anilines is 1. The summed E-state index contributed by atoms with van der Waals surface area (Å²) in [4.78, 5) is 12.1. The molecule has 1 fully saturated rings. The van der Waals surface area contributed by atoms with Crippen molar-refractivity contribution in [2.75, 3.05) is 5.32 Å². The van der Waals surface area contributed by atoms with Gasteiger partial charge in [0.25, 0.3) is 9.05 Å². The molecule has 0 heterocycles. The van der Waals surface area contributed by atoms with Crippen molar-refractivity contribution >= 4 is 47.3 Å². The summed E-state index contributed by atoms with van der Waals surface area (Å²) in [5, 5.41) is 2.83. The fraction of sp³-hybridized carbons (Fsp3) is 0.462. The third-order valence-electron chi connectivity index (χ3n) is 3.53. The predicted octanol–water partition coefficient (Wildman–Crippen LogP) is 3.67. The molecule has 1 amide bonds. The Labute approximate surface area is 131 Å². The van der Waals surface area contributed by atoms with E-state index in [1.165, 1.54) is 6.07 Å². The van der Waals surface area contributed by atoms with E-state index < -0.39 is 9.05 Å². The zero-order valence-electron chi connectivity index (χ0n) is 11.1. The molecule has 110 valence electrons. The minimum absolute atomic E-state index is 0.0290. The summed E-state index contributed by atoms with van der Waals surface area (Å²) < 4.78 is 23.3. The van der Waals surface area contributed by atoms with Crippen LogP contribution >= 0.6 is 26.6 Å². The molecule has 20 heavy (non-hydrogen) atoms. The van der Waals surface area contributed by atoms with Crippen molar-refractivity contribution in [3.8, 4) is 0 Å². The van der Waals surface area contributed by atoms with E-state index in [9.17, 15) is 13.2 Å². The predicted molar refractivity (Wildman–Crippen MR) is 82.4 cm³/mol. The molecule has 0 bridgehead atoms. The van der Waals surface area contributed by atoms with Crippen LogP contribution in [0.2, 0.25) is 0 Å². The monoisotopic (exact) mass is 379 g/mol. The Bertz CT molecular complexity index is 656. The second kappa shape index (κ2) is 5.66. The van der Waals surface area contributed by atoms with Gasteiger partial charge >= 0.3 is 0 Å². The fourth-order valence-electron chi connectivity index (χ4n) is 2.08. The molecule has 0 aromatic heterocycles. The van der Waals surface area contributed by atoms with Gasteiger partial charge in [0.05, 0.1) is 10.6 Å². The number of carbonyl (C=O) groups is 1. The molecule has 1 unspecified atom stereocenters. The van der Waals surface area contributed by atoms with Crippen molar-refractivity contribution in [1.29, 1.82) is 0 Å². The maximum atomic E-state index is 12.1. The molecule has 1 N–H and O–H groups in total. The Balaban J connectivity index is 2.25. The highest BCUT2D eigenvalue weighted by Gasteiger charge is 2.32. The van der Waals surface area contributed by atoms with E-state index in [-0.39, 0.29) is 16.7 Å². The van der Waals surface area contributed by atoms with Gasteiger partial charge in [-0.2, -0.15) is 0 Å². The van der Waals surface area contributed by atoms with Crippen molar-refractivity contribution in [3.63, 3.8) is 0 Å². The molecule has 4 nitrogen and oxygen atoms in total. The molecule has 0 aliphatic heterocycles. The number of halogens is 2. The van der Waals surface area contributed by atoms with E-state index in [1.54, 1.807) is 13.0 Å². The molecule has 1 saturated carbocycles. The average molecular weight is 381 g/mol. The van der Waals surface area contributed by atoms with Gasteiger partial charge in [0.15, 0.2) is 0 Å². The van der Waals surface area contributed by atoms with Gasteiger partial charge in [0.2, 0.25) is 5.91 Å². The van der Waals surface area contributed by atoms with Crippen molar-refractivity contribution in [2.45, 2.75) is 31.6 Å². The highest BCUT2D eigenvalue weighted by molar-refractivity contribution is 9.10. The van der Waals surface area contributed by atoms with Gasteiger partial charge in [-0.1, -0.05) is 6.92 Å². The van der Waals surface area contributed by atoms with Gasteiger partial charge in [0.1, 0.15) is 0 Å². The Morgan fingerprint density at radius 1 is 1.45 bits per heavy atom. The van der Waals surface area contributed by atoms with E-state index in [2.05, 4.69) is 21.2 Å². The molecule has 0 radical (unpaired) electrons. The summed E-state index contributed by atoms with van der Waals surface area (Å²) in [5.41, 5.74) is 1.06. The zero-order chi connectivity index (χ0) is 15.1. The maximum Gasteiger partial charge on any atom is 0.261 e. The van der Waals surface area contributed by atoms with Crippen LogP contribution in [0.15, 0.2) is 21.5 Å². The van der Waals surface area contributed by atoms with Crippen LogP contribution in [0, 0.1) is 18.8 Å². The lowest BCUT2D eigenvalue weighted by molar-refractivity contribution is -0.119. The SMILES string of the molecule is Cc1cc(NC(=O)C(C)C2CC2)c(Br)cc1S(=O)(=O)Cl. The Morgan fingerprint density at radius 2 is 2.05 bits per heavy atom. The van der Waals surface area contributed by atoms with Crippen LogP contribution in [0.4, 0.5) is 5.69 Å². The fourth-order valence-corrected chi connectivity index (χ4v) is 3.87. The number of hydrogen-bond donors (Lipinski definition) is 1. The smallest absolute Gasteiger partial charge is 0.261 e. The molecule has 1 atom stereocenters. The van der Waals surface area contributed by atoms with Crippen molar-refractivity contribution < 1.29 is 13.2 Å². The first-order chi connectivity index (χ1) is 9.20. The molecule has 2 rings (SSSR count). The maximum absolute atomic E-state index is 12.1. The van der Waals surface area contributed by atoms with E-state index in [1.807, 2.05) is 6.92 Å². The topological polar surface area (TPSA) is 63.2 Å². The van der Waals surface area contributed by atoms with Gasteiger partial charge in [0, 0.05) is 21.1 Å². The first-order valence-electron chi connectivity index (χ1n) is 6.26. The van der Waals surface area contributed by atoms with Gasteiger partial charge in [-0.25, -0.2) is 8.42 Å². The Hall–Kier alpha value is -0.590. The van der Waals surface area contributed by atoms with Crippen LogP contribution in [0.1, 0.15) is 25.3 Å². The first-order valence-corrected chi connectivity index (χ1v) is 9.36. The molecular formula is C13H15BrClNO3S. The standard InChI is InChI=1S/C13H15BrClNO3S/c1-7-5-11(10(14)6-12(7)20(15,18)19)16-13(17)8(2)9-3-4-9/h5-6,8-9H,3-4H2,1-2H3,(H,16,17). The average Bonchev–Trinajstić information content (AvgIpc) is 3.14. The summed E-state index contributed by atoms with van der Waals surface area (Å²) in [6.07, 6.45) is 2.19. The molecular weight excluding hydrogens is 366 g/mol. The molecule has 0 saturated heterocycles. The van der Waals surface area contributed by atoms with Crippen LogP contribution in [0.5, 0.6) is 0 Å². The van der Waals surface area contributed by atoms with Crippen molar-refractivity contribution in [3.05, 3.63) is 22.2 Å². The molecule has 0 spiro atoms. The van der Waals surface area contributed by atoms with Crippen LogP contribution in [0.25, 0.3) is 0 Å². The zero-order valence-corrected chi connectivity index (χ0v) is 14.3. The van der Waals surface area contributed by atoms with E-state index in [4.69, 9.17) is 10.7 Å². The lowest BCUT2D eigenvalue weighted by Crippen LogP contribution is -2.22. The number of amides is 1. The second-order valence-electron chi connectivity index (χ2n) is 5.15. The van der Waals surface area contributed by atoms with Crippen LogP contribution < -0.4 is 5.32 Å². The summed E-state index contributed by atoms with van der Waals surface area (Å²) in [5.74, 6) is 0.394. The van der Waals surface area contributed by atoms with Crippen LogP contribution in [-0.2, 0) is 13.8 Å². The van der Waals surface area contributed by atoms with Gasteiger partial charge in [-0.05, 0) is 59.3 Å². The number of nitrogens with one attached hydrogen (secondary N) is 1. The quantitative estimate of drug-likeness (QED) is 0.811. The summed E-state index contributed by atoms with van der Waals surface area (Å²) >= 11 is 3.27. The third-order valence-corrected chi connectivity index (χ3v) is 5.65. The van der Waals surface area contributed by atoms with Gasteiger partial charge in [-0.15, -0.1) is 0 Å². The Kier molecular flexibility index (Phi) is 4.47. The Morgan fingerprint density at radius 3 is 2.55 bits per heavy atom.